The number of hydrogen-bond donors (Lipinski definition) is 2. The highest BCUT2D eigenvalue weighted by atomic mass is 15.3. The largest absolute Gasteiger partial charge is 0.357 e. The van der Waals surface area contributed by atoms with Gasteiger partial charge in [-0.25, -0.2) is 4.68 Å². The van der Waals surface area contributed by atoms with Gasteiger partial charge in [0.05, 0.1) is 17.3 Å². The zero-order valence-corrected chi connectivity index (χ0v) is 11.8. The topological polar surface area (TPSA) is 84.3 Å². The minimum absolute atomic E-state index is 0.548. The lowest BCUT2D eigenvalue weighted by molar-refractivity contribution is 0.777. The third-order valence-electron chi connectivity index (χ3n) is 3.27. The lowest BCUT2D eigenvalue weighted by Crippen LogP contribution is -2.08. The van der Waals surface area contributed by atoms with Crippen LogP contribution in [0.25, 0.3) is 16.9 Å². The van der Waals surface area contributed by atoms with E-state index in [1.54, 1.807) is 13.2 Å². The number of H-pyrrole nitrogens is 1. The molecule has 0 fully saturated rings. The first-order valence-corrected chi connectivity index (χ1v) is 6.73. The quantitative estimate of drug-likeness (QED) is 0.754. The lowest BCUT2D eigenvalue weighted by Gasteiger charge is -2.07. The molecule has 7 nitrogen and oxygen atoms in total. The number of anilines is 1. The summed E-state index contributed by atoms with van der Waals surface area (Å²) < 4.78 is 1.89. The molecule has 0 atom stereocenters. The molecule has 0 radical (unpaired) electrons. The number of hydrogen-bond acceptors (Lipinski definition) is 5. The van der Waals surface area contributed by atoms with Crippen molar-refractivity contribution >= 4 is 17.0 Å². The summed E-state index contributed by atoms with van der Waals surface area (Å²) in [5, 5.41) is 15.4. The SMILES string of the molecule is CCc1cc(CC)n(-c2nc(NC)nc3[nH]ncc23)n1. The van der Waals surface area contributed by atoms with Gasteiger partial charge in [0, 0.05) is 12.7 Å². The second-order valence-electron chi connectivity index (χ2n) is 4.50. The lowest BCUT2D eigenvalue weighted by atomic mass is 10.2. The molecule has 7 heteroatoms. The van der Waals surface area contributed by atoms with Gasteiger partial charge in [-0.2, -0.15) is 20.2 Å². The van der Waals surface area contributed by atoms with Crippen LogP contribution in [0.1, 0.15) is 25.2 Å². The minimum atomic E-state index is 0.548. The van der Waals surface area contributed by atoms with Crippen molar-refractivity contribution < 1.29 is 0 Å². The molecule has 0 unspecified atom stereocenters. The van der Waals surface area contributed by atoms with Crippen molar-refractivity contribution in [1.29, 1.82) is 0 Å². The zero-order valence-electron chi connectivity index (χ0n) is 11.8. The second kappa shape index (κ2) is 4.92. The van der Waals surface area contributed by atoms with Gasteiger partial charge in [-0.1, -0.05) is 13.8 Å². The number of rotatable bonds is 4. The summed E-state index contributed by atoms with van der Waals surface area (Å²) in [6, 6.07) is 2.12. The van der Waals surface area contributed by atoms with Crippen LogP contribution >= 0.6 is 0 Å². The Morgan fingerprint density at radius 1 is 1.25 bits per heavy atom. The Balaban J connectivity index is 2.27. The predicted octanol–water partition coefficient (Wildman–Crippen LogP) is 1.71. The summed E-state index contributed by atoms with van der Waals surface area (Å²) in [5.74, 6) is 1.30. The molecule has 0 aromatic carbocycles. The van der Waals surface area contributed by atoms with Gasteiger partial charge in [0.15, 0.2) is 11.5 Å². The van der Waals surface area contributed by atoms with Crippen LogP contribution in [0.2, 0.25) is 0 Å². The fraction of sp³-hybridized carbons (Fsp3) is 0.385. The number of nitrogens with one attached hydrogen (secondary N) is 2. The van der Waals surface area contributed by atoms with Crippen LogP contribution in [0.3, 0.4) is 0 Å². The number of nitrogens with zero attached hydrogens (tertiary/aromatic N) is 5. The molecule has 0 bridgehead atoms. The van der Waals surface area contributed by atoms with E-state index < -0.39 is 0 Å². The van der Waals surface area contributed by atoms with Crippen molar-refractivity contribution in [2.24, 2.45) is 0 Å². The van der Waals surface area contributed by atoms with E-state index in [0.717, 1.165) is 35.4 Å². The summed E-state index contributed by atoms with van der Waals surface area (Å²) in [5.41, 5.74) is 2.89. The summed E-state index contributed by atoms with van der Waals surface area (Å²) in [4.78, 5) is 8.88. The molecule has 3 heterocycles. The molecule has 3 aromatic heterocycles. The Labute approximate surface area is 116 Å². The monoisotopic (exact) mass is 271 g/mol. The van der Waals surface area contributed by atoms with E-state index in [2.05, 4.69) is 50.5 Å². The van der Waals surface area contributed by atoms with E-state index in [1.807, 2.05) is 4.68 Å². The first kappa shape index (κ1) is 12.6. The molecular weight excluding hydrogens is 254 g/mol. The van der Waals surface area contributed by atoms with E-state index in [4.69, 9.17) is 0 Å². The second-order valence-corrected chi connectivity index (χ2v) is 4.50. The van der Waals surface area contributed by atoms with Gasteiger partial charge in [-0.3, -0.25) is 5.10 Å². The molecule has 0 aliphatic heterocycles. The Hall–Kier alpha value is -2.44. The van der Waals surface area contributed by atoms with Crippen molar-refractivity contribution in [2.45, 2.75) is 26.7 Å². The highest BCUT2D eigenvalue weighted by Gasteiger charge is 2.15. The third-order valence-corrected chi connectivity index (χ3v) is 3.27. The summed E-state index contributed by atoms with van der Waals surface area (Å²) in [6.45, 7) is 4.21. The Bertz CT molecular complexity index is 740. The van der Waals surface area contributed by atoms with Crippen LogP contribution in [0, 0.1) is 0 Å². The number of fused-ring (bicyclic) bond motifs is 1. The van der Waals surface area contributed by atoms with Crippen molar-refractivity contribution in [3.05, 3.63) is 23.7 Å². The van der Waals surface area contributed by atoms with E-state index >= 15 is 0 Å². The fourth-order valence-corrected chi connectivity index (χ4v) is 2.18. The Kier molecular flexibility index (Phi) is 3.09. The van der Waals surface area contributed by atoms with Gasteiger partial charge in [0.2, 0.25) is 5.95 Å². The summed E-state index contributed by atoms with van der Waals surface area (Å²) >= 11 is 0. The number of aryl methyl sites for hydroxylation is 2. The van der Waals surface area contributed by atoms with Gasteiger partial charge >= 0.3 is 0 Å². The van der Waals surface area contributed by atoms with Crippen LogP contribution in [0.4, 0.5) is 5.95 Å². The molecule has 104 valence electrons. The van der Waals surface area contributed by atoms with Crippen LogP contribution < -0.4 is 5.32 Å². The first-order chi connectivity index (χ1) is 9.76. The molecule has 0 saturated heterocycles. The maximum Gasteiger partial charge on any atom is 0.226 e. The van der Waals surface area contributed by atoms with Gasteiger partial charge < -0.3 is 5.32 Å². The standard InChI is InChI=1S/C13H17N7/c1-4-8-6-9(5-2)20(19-8)12-10-7-15-18-11(10)16-13(14-3)17-12/h6-7H,4-5H2,1-3H3,(H2,14,15,16,17,18). The smallest absolute Gasteiger partial charge is 0.226 e. The molecule has 3 rings (SSSR count). The number of aromatic nitrogens is 6. The Morgan fingerprint density at radius 2 is 2.10 bits per heavy atom. The van der Waals surface area contributed by atoms with E-state index in [0.29, 0.717) is 11.6 Å². The van der Waals surface area contributed by atoms with Crippen molar-refractivity contribution in [2.75, 3.05) is 12.4 Å². The maximum atomic E-state index is 4.63. The van der Waals surface area contributed by atoms with Gasteiger partial charge in [0.25, 0.3) is 0 Å². The third kappa shape index (κ3) is 1.91. The average Bonchev–Trinajstić information content (AvgIpc) is 3.11. The number of aromatic amines is 1. The molecular formula is C13H17N7. The molecule has 0 aliphatic carbocycles. The minimum Gasteiger partial charge on any atom is -0.357 e. The van der Waals surface area contributed by atoms with Crippen molar-refractivity contribution in [3.8, 4) is 5.82 Å². The maximum absolute atomic E-state index is 4.63. The average molecular weight is 271 g/mol. The molecule has 0 saturated carbocycles. The van der Waals surface area contributed by atoms with E-state index in [9.17, 15) is 0 Å². The molecule has 0 amide bonds. The van der Waals surface area contributed by atoms with Gasteiger partial charge in [0.1, 0.15) is 0 Å². The van der Waals surface area contributed by atoms with Crippen LogP contribution in [0.5, 0.6) is 0 Å². The zero-order chi connectivity index (χ0) is 14.1. The fourth-order valence-electron chi connectivity index (χ4n) is 2.18. The van der Waals surface area contributed by atoms with E-state index in [1.165, 1.54) is 0 Å². The van der Waals surface area contributed by atoms with Crippen LogP contribution in [-0.4, -0.2) is 37.0 Å². The van der Waals surface area contributed by atoms with E-state index in [-0.39, 0.29) is 0 Å². The predicted molar refractivity (Wildman–Crippen MR) is 77.1 cm³/mol. The highest BCUT2D eigenvalue weighted by molar-refractivity contribution is 5.82. The van der Waals surface area contributed by atoms with Crippen LogP contribution in [-0.2, 0) is 12.8 Å². The van der Waals surface area contributed by atoms with Crippen LogP contribution in [0.15, 0.2) is 12.3 Å². The summed E-state index contributed by atoms with van der Waals surface area (Å²) in [7, 11) is 1.79. The highest BCUT2D eigenvalue weighted by Crippen LogP contribution is 2.21. The first-order valence-electron chi connectivity index (χ1n) is 6.73. The normalized spacial score (nSPS) is 11.2. The molecule has 20 heavy (non-hydrogen) atoms. The summed E-state index contributed by atoms with van der Waals surface area (Å²) in [6.07, 6.45) is 3.53. The molecule has 0 aliphatic rings. The van der Waals surface area contributed by atoms with Gasteiger partial charge in [-0.05, 0) is 18.9 Å². The van der Waals surface area contributed by atoms with Crippen molar-refractivity contribution in [1.82, 2.24) is 29.9 Å². The molecule has 3 aromatic rings. The Morgan fingerprint density at radius 3 is 2.80 bits per heavy atom. The molecule has 0 spiro atoms. The van der Waals surface area contributed by atoms with Gasteiger partial charge in [-0.15, -0.1) is 0 Å². The van der Waals surface area contributed by atoms with Crippen molar-refractivity contribution in [3.63, 3.8) is 0 Å². The molecule has 2 N–H and O–H groups in total.